The summed E-state index contributed by atoms with van der Waals surface area (Å²) < 4.78 is 5.12. The van der Waals surface area contributed by atoms with Crippen molar-refractivity contribution in [3.05, 3.63) is 35.9 Å². The summed E-state index contributed by atoms with van der Waals surface area (Å²) in [6.45, 7) is 0.841. The van der Waals surface area contributed by atoms with Crippen molar-refractivity contribution < 1.29 is 4.74 Å². The third-order valence-electron chi connectivity index (χ3n) is 2.15. The monoisotopic (exact) mass is 163 g/mol. The van der Waals surface area contributed by atoms with Gasteiger partial charge in [-0.25, -0.2) is 0 Å². The maximum atomic E-state index is 5.89. The van der Waals surface area contributed by atoms with Crippen molar-refractivity contribution in [1.82, 2.24) is 0 Å². The summed E-state index contributed by atoms with van der Waals surface area (Å²) >= 11 is 0. The van der Waals surface area contributed by atoms with Crippen molar-refractivity contribution in [3.63, 3.8) is 0 Å². The number of benzene rings is 1. The number of hydrogen-bond acceptors (Lipinski definition) is 2. The van der Waals surface area contributed by atoms with Gasteiger partial charge < -0.3 is 10.5 Å². The third-order valence-corrected chi connectivity index (χ3v) is 2.15. The second-order valence-corrected chi connectivity index (χ2v) is 3.23. The van der Waals surface area contributed by atoms with E-state index < -0.39 is 0 Å². The Bertz CT molecular complexity index is 243. The van der Waals surface area contributed by atoms with Crippen LogP contribution in [0.5, 0.6) is 0 Å². The highest BCUT2D eigenvalue weighted by Crippen LogP contribution is 2.15. The highest BCUT2D eigenvalue weighted by Gasteiger charge is 2.29. The van der Waals surface area contributed by atoms with Gasteiger partial charge in [-0.2, -0.15) is 0 Å². The minimum atomic E-state index is 0.174. The molecule has 1 aliphatic heterocycles. The molecule has 0 spiro atoms. The van der Waals surface area contributed by atoms with Crippen molar-refractivity contribution in [3.8, 4) is 0 Å². The van der Waals surface area contributed by atoms with Gasteiger partial charge in [-0.05, 0) is 12.0 Å². The molecule has 0 aliphatic carbocycles. The Balaban J connectivity index is 1.94. The average molecular weight is 163 g/mol. The van der Waals surface area contributed by atoms with Crippen molar-refractivity contribution in [2.45, 2.75) is 18.6 Å². The van der Waals surface area contributed by atoms with Crippen LogP contribution >= 0.6 is 0 Å². The van der Waals surface area contributed by atoms with Crippen LogP contribution in [0.2, 0.25) is 0 Å². The third kappa shape index (κ3) is 1.84. The van der Waals surface area contributed by atoms with E-state index in [0.29, 0.717) is 6.10 Å². The van der Waals surface area contributed by atoms with Crippen molar-refractivity contribution >= 4 is 0 Å². The average Bonchev–Trinajstić information content (AvgIpc) is 2.88. The van der Waals surface area contributed by atoms with Gasteiger partial charge in [0.25, 0.3) is 0 Å². The summed E-state index contributed by atoms with van der Waals surface area (Å²) in [6, 6.07) is 10.5. The molecule has 1 heterocycles. The fourth-order valence-corrected chi connectivity index (χ4v) is 1.32. The number of nitrogens with two attached hydrogens (primary N) is 1. The summed E-state index contributed by atoms with van der Waals surface area (Å²) in [4.78, 5) is 0. The molecule has 12 heavy (non-hydrogen) atoms. The van der Waals surface area contributed by atoms with Gasteiger partial charge in [0.05, 0.1) is 12.7 Å². The van der Waals surface area contributed by atoms with Gasteiger partial charge in [0, 0.05) is 6.04 Å². The first kappa shape index (κ1) is 7.77. The summed E-state index contributed by atoms with van der Waals surface area (Å²) in [7, 11) is 0. The van der Waals surface area contributed by atoms with Gasteiger partial charge in [-0.1, -0.05) is 30.3 Å². The molecule has 0 amide bonds. The highest BCUT2D eigenvalue weighted by atomic mass is 16.6. The molecular formula is C10H13NO. The zero-order valence-electron chi connectivity index (χ0n) is 6.94. The Hall–Kier alpha value is -0.860. The summed E-state index contributed by atoms with van der Waals surface area (Å²) in [5.74, 6) is 0. The van der Waals surface area contributed by atoms with Crippen LogP contribution < -0.4 is 5.73 Å². The predicted octanol–water partition coefficient (Wildman–Crippen LogP) is 0.955. The van der Waals surface area contributed by atoms with Gasteiger partial charge in [0.1, 0.15) is 0 Å². The van der Waals surface area contributed by atoms with E-state index >= 15 is 0 Å². The fourth-order valence-electron chi connectivity index (χ4n) is 1.32. The molecule has 1 aromatic rings. The van der Waals surface area contributed by atoms with E-state index in [1.54, 1.807) is 0 Å². The Morgan fingerprint density at radius 3 is 2.67 bits per heavy atom. The van der Waals surface area contributed by atoms with E-state index in [2.05, 4.69) is 12.1 Å². The van der Waals surface area contributed by atoms with Gasteiger partial charge in [0.2, 0.25) is 0 Å². The zero-order chi connectivity index (χ0) is 8.39. The van der Waals surface area contributed by atoms with E-state index in [-0.39, 0.29) is 6.04 Å². The molecule has 2 rings (SSSR count). The van der Waals surface area contributed by atoms with Crippen LogP contribution in [-0.2, 0) is 11.2 Å². The van der Waals surface area contributed by atoms with E-state index in [1.807, 2.05) is 18.2 Å². The van der Waals surface area contributed by atoms with Gasteiger partial charge >= 0.3 is 0 Å². The number of hydrogen-bond donors (Lipinski definition) is 1. The molecule has 2 nitrogen and oxygen atoms in total. The second kappa shape index (κ2) is 3.25. The standard InChI is InChI=1S/C10H13NO/c11-9(10-7-12-10)6-8-4-2-1-3-5-8/h1-5,9-10H,6-7,11H2/t9-,10?/m1/s1. The molecule has 1 saturated heterocycles. The molecule has 0 saturated carbocycles. The fraction of sp³-hybridized carbons (Fsp3) is 0.400. The highest BCUT2D eigenvalue weighted by molar-refractivity contribution is 5.16. The topological polar surface area (TPSA) is 38.5 Å². The molecular weight excluding hydrogens is 150 g/mol. The molecule has 2 N–H and O–H groups in total. The van der Waals surface area contributed by atoms with E-state index in [1.165, 1.54) is 5.56 Å². The largest absolute Gasteiger partial charge is 0.371 e. The van der Waals surface area contributed by atoms with Crippen molar-refractivity contribution in [1.29, 1.82) is 0 Å². The Labute approximate surface area is 72.3 Å². The summed E-state index contributed by atoms with van der Waals surface area (Å²) in [6.07, 6.45) is 1.23. The van der Waals surface area contributed by atoms with Gasteiger partial charge in [0.15, 0.2) is 0 Å². The van der Waals surface area contributed by atoms with Crippen LogP contribution in [-0.4, -0.2) is 18.8 Å². The van der Waals surface area contributed by atoms with E-state index in [9.17, 15) is 0 Å². The predicted molar refractivity (Wildman–Crippen MR) is 47.9 cm³/mol. The molecule has 1 unspecified atom stereocenters. The molecule has 1 aromatic carbocycles. The van der Waals surface area contributed by atoms with Crippen LogP contribution in [0.25, 0.3) is 0 Å². The first-order chi connectivity index (χ1) is 5.86. The quantitative estimate of drug-likeness (QED) is 0.674. The van der Waals surface area contributed by atoms with Crippen molar-refractivity contribution in [2.24, 2.45) is 5.73 Å². The minimum Gasteiger partial charge on any atom is -0.371 e. The normalized spacial score (nSPS) is 23.6. The Kier molecular flexibility index (Phi) is 2.11. The minimum absolute atomic E-state index is 0.174. The molecule has 1 fully saturated rings. The molecule has 64 valence electrons. The number of rotatable bonds is 3. The lowest BCUT2D eigenvalue weighted by molar-refractivity contribution is 0.371. The number of epoxide rings is 1. The van der Waals surface area contributed by atoms with Crippen molar-refractivity contribution in [2.75, 3.05) is 6.61 Å². The van der Waals surface area contributed by atoms with Crippen LogP contribution in [0.3, 0.4) is 0 Å². The van der Waals surface area contributed by atoms with Crippen LogP contribution in [0, 0.1) is 0 Å². The lowest BCUT2D eigenvalue weighted by Gasteiger charge is -2.07. The number of ether oxygens (including phenoxy) is 1. The molecule has 1 aliphatic rings. The van der Waals surface area contributed by atoms with Crippen LogP contribution in [0.1, 0.15) is 5.56 Å². The Morgan fingerprint density at radius 1 is 1.42 bits per heavy atom. The first-order valence-electron chi connectivity index (χ1n) is 4.27. The summed E-state index contributed by atoms with van der Waals surface area (Å²) in [5, 5.41) is 0. The zero-order valence-corrected chi connectivity index (χ0v) is 6.94. The Morgan fingerprint density at radius 2 is 2.08 bits per heavy atom. The maximum absolute atomic E-state index is 5.89. The first-order valence-corrected chi connectivity index (χ1v) is 4.27. The molecule has 2 heteroatoms. The van der Waals surface area contributed by atoms with E-state index in [0.717, 1.165) is 13.0 Å². The molecule has 0 bridgehead atoms. The van der Waals surface area contributed by atoms with E-state index in [4.69, 9.17) is 10.5 Å². The molecule has 0 aromatic heterocycles. The maximum Gasteiger partial charge on any atom is 0.0963 e. The van der Waals surface area contributed by atoms with Crippen LogP contribution in [0.15, 0.2) is 30.3 Å². The summed E-state index contributed by atoms with van der Waals surface area (Å²) in [5.41, 5.74) is 7.18. The van der Waals surface area contributed by atoms with Gasteiger partial charge in [-0.15, -0.1) is 0 Å². The smallest absolute Gasteiger partial charge is 0.0963 e. The van der Waals surface area contributed by atoms with Crippen LogP contribution in [0.4, 0.5) is 0 Å². The lowest BCUT2D eigenvalue weighted by Crippen LogP contribution is -2.28. The van der Waals surface area contributed by atoms with Gasteiger partial charge in [-0.3, -0.25) is 0 Å². The SMILES string of the molecule is N[C@H](Cc1ccccc1)C1CO1. The second-order valence-electron chi connectivity index (χ2n) is 3.23. The molecule has 2 atom stereocenters. The molecule has 0 radical (unpaired) electrons. The lowest BCUT2D eigenvalue weighted by atomic mass is 10.0.